The van der Waals surface area contributed by atoms with Gasteiger partial charge in [0, 0.05) is 0 Å². The molecule has 0 heteroatoms. The standard InChI is InChI=1S/C28H24/c1-5-21-14-18-2-6-22(13-17(1)18)26-11-12-28(26)24-8-4-19-15-23(7-3-20(19)16-24)27-10-9-25(21)27/h1-8,13-16,25-28H,9-12H2. The van der Waals surface area contributed by atoms with Gasteiger partial charge in [-0.1, -0.05) is 72.8 Å². The highest BCUT2D eigenvalue weighted by Gasteiger charge is 2.35. The lowest BCUT2D eigenvalue weighted by Gasteiger charge is -2.39. The Morgan fingerprint density at radius 3 is 0.821 bits per heavy atom. The average molecular weight is 361 g/mol. The van der Waals surface area contributed by atoms with Crippen LogP contribution in [0.1, 0.15) is 71.6 Å². The molecular weight excluding hydrogens is 336 g/mol. The van der Waals surface area contributed by atoms with Crippen LogP contribution in [0.25, 0.3) is 21.5 Å². The van der Waals surface area contributed by atoms with Gasteiger partial charge in [0.2, 0.25) is 0 Å². The van der Waals surface area contributed by atoms with Crippen LogP contribution in [0.3, 0.4) is 0 Å². The van der Waals surface area contributed by atoms with Gasteiger partial charge in [-0.2, -0.15) is 0 Å². The summed E-state index contributed by atoms with van der Waals surface area (Å²) in [5.41, 5.74) is 6.11. The molecule has 28 heavy (non-hydrogen) atoms. The van der Waals surface area contributed by atoms with Crippen molar-refractivity contribution in [2.24, 2.45) is 0 Å². The average Bonchev–Trinajstić information content (AvgIpc) is 2.66. The second-order valence-corrected chi connectivity index (χ2v) is 9.31. The first kappa shape index (κ1) is 15.3. The lowest BCUT2D eigenvalue weighted by molar-refractivity contribution is 0.346. The van der Waals surface area contributed by atoms with E-state index in [1.165, 1.54) is 69.5 Å². The molecule has 2 fully saturated rings. The molecule has 0 radical (unpaired) electrons. The van der Waals surface area contributed by atoms with Crippen molar-refractivity contribution in [3.05, 3.63) is 95.1 Å². The summed E-state index contributed by atoms with van der Waals surface area (Å²) < 4.78 is 0. The first-order valence-electron chi connectivity index (χ1n) is 10.9. The maximum Gasteiger partial charge on any atom is -0.00926 e. The summed E-state index contributed by atoms with van der Waals surface area (Å²) in [6.45, 7) is 0. The molecule has 0 aromatic heterocycles. The van der Waals surface area contributed by atoms with Crippen molar-refractivity contribution in [3.8, 4) is 0 Å². The molecule has 0 saturated heterocycles. The van der Waals surface area contributed by atoms with Gasteiger partial charge in [0.1, 0.15) is 0 Å². The Morgan fingerprint density at radius 2 is 0.607 bits per heavy atom. The smallest absolute Gasteiger partial charge is 0.00926 e. The zero-order valence-corrected chi connectivity index (χ0v) is 16.1. The number of rotatable bonds is 0. The molecule has 4 unspecified atom stereocenters. The largest absolute Gasteiger partial charge is 0.0581 e. The minimum atomic E-state index is 0.671. The second-order valence-electron chi connectivity index (χ2n) is 9.31. The van der Waals surface area contributed by atoms with Gasteiger partial charge in [0.15, 0.2) is 0 Å². The van der Waals surface area contributed by atoms with Crippen LogP contribution in [0, 0.1) is 0 Å². The van der Waals surface area contributed by atoms with E-state index in [0.717, 1.165) is 0 Å². The third kappa shape index (κ3) is 2.07. The Kier molecular flexibility index (Phi) is 3.00. The summed E-state index contributed by atoms with van der Waals surface area (Å²) in [5, 5.41) is 5.64. The molecule has 136 valence electrons. The Bertz CT molecular complexity index is 1050. The van der Waals surface area contributed by atoms with Crippen molar-refractivity contribution in [1.29, 1.82) is 0 Å². The molecule has 8 bridgehead atoms. The van der Waals surface area contributed by atoms with Crippen LogP contribution in [0.2, 0.25) is 0 Å². The molecule has 10 aliphatic carbocycles. The number of benzene rings is 4. The Hall–Kier alpha value is -2.60. The van der Waals surface area contributed by atoms with Crippen LogP contribution in [-0.2, 0) is 0 Å². The van der Waals surface area contributed by atoms with Gasteiger partial charge in [-0.25, -0.2) is 0 Å². The lowest BCUT2D eigenvalue weighted by Crippen LogP contribution is -2.22. The maximum absolute atomic E-state index is 2.46. The van der Waals surface area contributed by atoms with E-state index in [1.807, 2.05) is 0 Å². The van der Waals surface area contributed by atoms with Crippen LogP contribution in [0.15, 0.2) is 72.8 Å². The van der Waals surface area contributed by atoms with Crippen molar-refractivity contribution in [2.75, 3.05) is 0 Å². The van der Waals surface area contributed by atoms with Crippen LogP contribution in [-0.4, -0.2) is 0 Å². The van der Waals surface area contributed by atoms with Crippen LogP contribution < -0.4 is 0 Å². The highest BCUT2D eigenvalue weighted by atomic mass is 14.4. The lowest BCUT2D eigenvalue weighted by atomic mass is 9.65. The summed E-state index contributed by atoms with van der Waals surface area (Å²) in [5.74, 6) is 2.68. The Morgan fingerprint density at radius 1 is 0.357 bits per heavy atom. The second kappa shape index (κ2) is 5.47. The quantitative estimate of drug-likeness (QED) is 0.302. The van der Waals surface area contributed by atoms with Crippen molar-refractivity contribution < 1.29 is 0 Å². The molecule has 0 aliphatic heterocycles. The van der Waals surface area contributed by atoms with Gasteiger partial charge in [0.25, 0.3) is 0 Å². The first-order valence-corrected chi connectivity index (χ1v) is 10.9. The molecule has 14 rings (SSSR count). The van der Waals surface area contributed by atoms with E-state index in [-0.39, 0.29) is 0 Å². The van der Waals surface area contributed by atoms with Gasteiger partial charge < -0.3 is 0 Å². The zero-order valence-electron chi connectivity index (χ0n) is 16.1. The predicted octanol–water partition coefficient (Wildman–Crippen LogP) is 7.63. The fourth-order valence-corrected chi connectivity index (χ4v) is 6.08. The summed E-state index contributed by atoms with van der Waals surface area (Å²) in [6, 6.07) is 29.0. The molecule has 0 nitrogen and oxygen atoms in total. The van der Waals surface area contributed by atoms with Gasteiger partial charge in [-0.3, -0.25) is 0 Å². The number of hydrogen-bond acceptors (Lipinski definition) is 0. The van der Waals surface area contributed by atoms with Crippen LogP contribution in [0.5, 0.6) is 0 Å². The van der Waals surface area contributed by atoms with E-state index in [2.05, 4.69) is 72.8 Å². The first-order chi connectivity index (χ1) is 13.8. The fourth-order valence-electron chi connectivity index (χ4n) is 6.08. The SMILES string of the molecule is c1cc2cc3ccc2cc1C1CCC1c1ccc2cc(ccc2c1)C1CCC31. The highest BCUT2D eigenvalue weighted by Crippen LogP contribution is 2.52. The van der Waals surface area contributed by atoms with Crippen molar-refractivity contribution in [2.45, 2.75) is 49.4 Å². The molecule has 0 spiro atoms. The van der Waals surface area contributed by atoms with Gasteiger partial charge in [-0.15, -0.1) is 0 Å². The van der Waals surface area contributed by atoms with E-state index in [9.17, 15) is 0 Å². The minimum Gasteiger partial charge on any atom is -0.0581 e. The fraction of sp³-hybridized carbons (Fsp3) is 0.286. The molecule has 0 amide bonds. The van der Waals surface area contributed by atoms with Gasteiger partial charge >= 0.3 is 0 Å². The van der Waals surface area contributed by atoms with Crippen molar-refractivity contribution >= 4 is 21.5 Å². The van der Waals surface area contributed by atoms with Crippen LogP contribution in [0.4, 0.5) is 0 Å². The van der Waals surface area contributed by atoms with Crippen LogP contribution >= 0.6 is 0 Å². The van der Waals surface area contributed by atoms with E-state index >= 15 is 0 Å². The van der Waals surface area contributed by atoms with E-state index in [4.69, 9.17) is 0 Å². The molecule has 4 aromatic carbocycles. The molecule has 0 heterocycles. The number of hydrogen-bond donors (Lipinski definition) is 0. The summed E-state index contributed by atoms with van der Waals surface area (Å²) >= 11 is 0. The maximum atomic E-state index is 2.46. The summed E-state index contributed by atoms with van der Waals surface area (Å²) in [6.07, 6.45) is 5.26. The van der Waals surface area contributed by atoms with Gasteiger partial charge in [0.05, 0.1) is 0 Å². The van der Waals surface area contributed by atoms with E-state index in [1.54, 1.807) is 0 Å². The summed E-state index contributed by atoms with van der Waals surface area (Å²) in [7, 11) is 0. The Labute approximate surface area is 166 Å². The highest BCUT2D eigenvalue weighted by molar-refractivity contribution is 5.85. The zero-order chi connectivity index (χ0) is 18.2. The monoisotopic (exact) mass is 360 g/mol. The third-order valence-electron chi connectivity index (χ3n) is 8.04. The molecule has 4 aromatic rings. The molecular formula is C28H24. The molecule has 4 atom stereocenters. The minimum absolute atomic E-state index is 0.671. The van der Waals surface area contributed by atoms with Gasteiger partial charge in [-0.05, 0) is 93.2 Å². The molecule has 10 aliphatic rings. The normalized spacial score (nSPS) is 27.4. The van der Waals surface area contributed by atoms with Crippen molar-refractivity contribution in [1.82, 2.24) is 0 Å². The van der Waals surface area contributed by atoms with Crippen molar-refractivity contribution in [3.63, 3.8) is 0 Å². The predicted molar refractivity (Wildman–Crippen MR) is 117 cm³/mol. The summed E-state index contributed by atoms with van der Waals surface area (Å²) in [4.78, 5) is 0. The molecule has 0 N–H and O–H groups in total. The molecule has 2 saturated carbocycles. The van der Waals surface area contributed by atoms with E-state index in [0.29, 0.717) is 23.7 Å². The third-order valence-corrected chi connectivity index (χ3v) is 8.04. The topological polar surface area (TPSA) is 0 Å². The Balaban J connectivity index is 1.49. The van der Waals surface area contributed by atoms with E-state index < -0.39 is 0 Å².